The molecule has 2 bridgehead atoms. The number of piperidine rings is 1. The first-order valence-corrected chi connectivity index (χ1v) is 7.08. The maximum atomic E-state index is 11.9. The van der Waals surface area contributed by atoms with Crippen LogP contribution in [0.5, 0.6) is 0 Å². The van der Waals surface area contributed by atoms with Gasteiger partial charge in [0.25, 0.3) is 0 Å². The third kappa shape index (κ3) is 1.95. The Bertz CT molecular complexity index is 304. The summed E-state index contributed by atoms with van der Waals surface area (Å²) in [7, 11) is 3.42. The molecule has 2 aliphatic rings. The quantitative estimate of drug-likeness (QED) is 0.558. The van der Waals surface area contributed by atoms with Crippen LogP contribution in [0.3, 0.4) is 0 Å². The Kier molecular flexibility index (Phi) is 3.41. The molecule has 5 nitrogen and oxygen atoms in total. The molecule has 0 aliphatic carbocycles. The molecule has 0 aromatic carbocycles. The summed E-state index contributed by atoms with van der Waals surface area (Å²) in [5, 5.41) is 3.20. The van der Waals surface area contributed by atoms with Gasteiger partial charge in [0.2, 0.25) is 0 Å². The van der Waals surface area contributed by atoms with E-state index in [1.54, 1.807) is 0 Å². The zero-order valence-electron chi connectivity index (χ0n) is 10.2. The molecule has 2 aliphatic heterocycles. The monoisotopic (exact) mass is 259 g/mol. The van der Waals surface area contributed by atoms with E-state index in [0.717, 1.165) is 12.3 Å². The molecule has 2 unspecified atom stereocenters. The van der Waals surface area contributed by atoms with E-state index in [2.05, 4.69) is 5.32 Å². The normalized spacial score (nSPS) is 37.5. The van der Waals surface area contributed by atoms with E-state index in [-0.39, 0.29) is 11.9 Å². The molecule has 0 aromatic heterocycles. The SMILES string of the molecule is COC(=O)C12CNCC(C(=O)OC)(CPC1)C2. The Labute approximate surface area is 102 Å². The zero-order valence-corrected chi connectivity index (χ0v) is 11.2. The summed E-state index contributed by atoms with van der Waals surface area (Å²) in [5.74, 6) is -0.407. The number of carbonyl (C=O) groups excluding carboxylic acids is 2. The Hall–Kier alpha value is -0.670. The number of esters is 2. The fraction of sp³-hybridized carbons (Fsp3) is 0.818. The topological polar surface area (TPSA) is 64.6 Å². The van der Waals surface area contributed by atoms with Gasteiger partial charge in [0.15, 0.2) is 0 Å². The molecule has 17 heavy (non-hydrogen) atoms. The molecule has 2 heterocycles. The molecule has 96 valence electrons. The summed E-state index contributed by atoms with van der Waals surface area (Å²) in [6.45, 7) is 1.21. The summed E-state index contributed by atoms with van der Waals surface area (Å²) in [6, 6.07) is 0. The second-order valence-corrected chi connectivity index (χ2v) is 6.13. The molecular weight excluding hydrogens is 241 g/mol. The van der Waals surface area contributed by atoms with Crippen molar-refractivity contribution in [2.75, 3.05) is 39.6 Å². The van der Waals surface area contributed by atoms with E-state index < -0.39 is 10.8 Å². The van der Waals surface area contributed by atoms with E-state index in [1.165, 1.54) is 14.2 Å². The number of fused-ring (bicyclic) bond motifs is 2. The van der Waals surface area contributed by atoms with E-state index >= 15 is 0 Å². The van der Waals surface area contributed by atoms with Gasteiger partial charge in [-0.3, -0.25) is 9.59 Å². The maximum Gasteiger partial charge on any atom is 0.313 e. The molecule has 6 heteroatoms. The summed E-state index contributed by atoms with van der Waals surface area (Å²) < 4.78 is 9.80. The van der Waals surface area contributed by atoms with Gasteiger partial charge in [-0.25, -0.2) is 0 Å². The second kappa shape index (κ2) is 4.54. The van der Waals surface area contributed by atoms with Crippen molar-refractivity contribution in [1.82, 2.24) is 5.32 Å². The molecule has 2 saturated heterocycles. The van der Waals surface area contributed by atoms with Crippen LogP contribution in [0.25, 0.3) is 0 Å². The number of methoxy groups -OCH3 is 2. The van der Waals surface area contributed by atoms with Crippen molar-refractivity contribution < 1.29 is 19.1 Å². The van der Waals surface area contributed by atoms with Crippen molar-refractivity contribution in [1.29, 1.82) is 0 Å². The lowest BCUT2D eigenvalue weighted by atomic mass is 9.69. The number of carbonyl (C=O) groups is 2. The molecule has 2 fully saturated rings. The standard InChI is InChI=1S/C11H18NO4P/c1-15-8(13)10-3-11(5-12-4-10,7-17-6-10)9(14)16-2/h12,17H,3-7H2,1-2H3. The minimum Gasteiger partial charge on any atom is -0.469 e. The van der Waals surface area contributed by atoms with Crippen LogP contribution in [0.1, 0.15) is 6.42 Å². The van der Waals surface area contributed by atoms with Crippen LogP contribution >= 0.6 is 8.58 Å². The van der Waals surface area contributed by atoms with Gasteiger partial charge in [0, 0.05) is 13.1 Å². The Morgan fingerprint density at radius 3 is 1.94 bits per heavy atom. The first kappa shape index (κ1) is 12.8. The largest absolute Gasteiger partial charge is 0.469 e. The van der Waals surface area contributed by atoms with Crippen LogP contribution in [0.15, 0.2) is 0 Å². The number of rotatable bonds is 2. The van der Waals surface area contributed by atoms with Crippen LogP contribution in [0.2, 0.25) is 0 Å². The lowest BCUT2D eigenvalue weighted by Crippen LogP contribution is -2.61. The van der Waals surface area contributed by atoms with Crippen LogP contribution < -0.4 is 5.32 Å². The fourth-order valence-electron chi connectivity index (χ4n) is 2.97. The molecule has 0 aromatic rings. The molecule has 0 spiro atoms. The Balaban J connectivity index is 2.28. The minimum absolute atomic E-state index is 0.204. The lowest BCUT2D eigenvalue weighted by molar-refractivity contribution is -0.163. The van der Waals surface area contributed by atoms with Crippen molar-refractivity contribution in [3.63, 3.8) is 0 Å². The number of nitrogens with one attached hydrogen (secondary N) is 1. The smallest absolute Gasteiger partial charge is 0.313 e. The predicted octanol–water partition coefficient (Wildman–Crippen LogP) is -0.00940. The van der Waals surface area contributed by atoms with Crippen LogP contribution in [-0.2, 0) is 19.1 Å². The van der Waals surface area contributed by atoms with Crippen molar-refractivity contribution >= 4 is 20.5 Å². The van der Waals surface area contributed by atoms with Crippen LogP contribution in [0.4, 0.5) is 0 Å². The molecule has 0 radical (unpaired) electrons. The first-order valence-electron chi connectivity index (χ1n) is 5.67. The number of ether oxygens (including phenoxy) is 2. The summed E-state index contributed by atoms with van der Waals surface area (Å²) in [6.07, 6.45) is 2.18. The number of hydrogen-bond donors (Lipinski definition) is 1. The molecule has 0 saturated carbocycles. The van der Waals surface area contributed by atoms with E-state index in [1.807, 2.05) is 0 Å². The highest BCUT2D eigenvalue weighted by molar-refractivity contribution is 7.38. The van der Waals surface area contributed by atoms with Gasteiger partial charge in [-0.1, -0.05) is 0 Å². The molecule has 2 atom stereocenters. The van der Waals surface area contributed by atoms with Gasteiger partial charge in [-0.2, -0.15) is 0 Å². The maximum absolute atomic E-state index is 11.9. The van der Waals surface area contributed by atoms with Gasteiger partial charge in [0.1, 0.15) is 0 Å². The molecule has 1 N–H and O–H groups in total. The Morgan fingerprint density at radius 2 is 1.53 bits per heavy atom. The van der Waals surface area contributed by atoms with E-state index in [9.17, 15) is 9.59 Å². The summed E-state index contributed by atoms with van der Waals surface area (Å²) >= 11 is 0. The molecule has 0 amide bonds. The summed E-state index contributed by atoms with van der Waals surface area (Å²) in [4.78, 5) is 23.9. The van der Waals surface area contributed by atoms with Gasteiger partial charge >= 0.3 is 11.9 Å². The van der Waals surface area contributed by atoms with E-state index in [4.69, 9.17) is 9.47 Å². The van der Waals surface area contributed by atoms with Gasteiger partial charge in [-0.05, 0) is 18.7 Å². The Morgan fingerprint density at radius 1 is 1.06 bits per heavy atom. The van der Waals surface area contributed by atoms with Crippen molar-refractivity contribution in [2.24, 2.45) is 10.8 Å². The minimum atomic E-state index is -0.530. The van der Waals surface area contributed by atoms with Crippen LogP contribution in [0, 0.1) is 10.8 Å². The van der Waals surface area contributed by atoms with Crippen LogP contribution in [-0.4, -0.2) is 51.6 Å². The van der Waals surface area contributed by atoms with Gasteiger partial charge < -0.3 is 14.8 Å². The molecule has 2 rings (SSSR count). The fourth-order valence-corrected chi connectivity index (χ4v) is 4.84. The third-order valence-electron chi connectivity index (χ3n) is 3.77. The molecular formula is C11H18NO4P. The summed E-state index contributed by atoms with van der Waals surface area (Å²) in [5.41, 5.74) is -1.06. The van der Waals surface area contributed by atoms with Gasteiger partial charge in [0.05, 0.1) is 25.0 Å². The number of hydrogen-bond acceptors (Lipinski definition) is 5. The third-order valence-corrected chi connectivity index (χ3v) is 5.62. The first-order chi connectivity index (χ1) is 8.08. The highest BCUT2D eigenvalue weighted by Crippen LogP contribution is 2.50. The zero-order chi connectivity index (χ0) is 12.5. The van der Waals surface area contributed by atoms with Crippen molar-refractivity contribution in [3.05, 3.63) is 0 Å². The average Bonchev–Trinajstić information content (AvgIpc) is 2.36. The lowest BCUT2D eigenvalue weighted by Gasteiger charge is -2.48. The average molecular weight is 259 g/mol. The second-order valence-electron chi connectivity index (χ2n) is 4.93. The predicted molar refractivity (Wildman–Crippen MR) is 64.4 cm³/mol. The highest BCUT2D eigenvalue weighted by Gasteiger charge is 2.56. The van der Waals surface area contributed by atoms with Crippen molar-refractivity contribution in [3.8, 4) is 0 Å². The highest BCUT2D eigenvalue weighted by atomic mass is 31.1. The van der Waals surface area contributed by atoms with E-state index in [0.29, 0.717) is 28.1 Å². The van der Waals surface area contributed by atoms with Gasteiger partial charge in [-0.15, -0.1) is 8.58 Å². The van der Waals surface area contributed by atoms with Crippen molar-refractivity contribution in [2.45, 2.75) is 6.42 Å².